The van der Waals surface area contributed by atoms with E-state index in [4.69, 9.17) is 10.1 Å². The fraction of sp³-hybridized carbons (Fsp3) is 0.250. The number of unbranched alkanes of at least 4 members (excludes halogenated alkanes) is 2. The lowest BCUT2D eigenvalue weighted by Crippen LogP contribution is -1.99. The van der Waals surface area contributed by atoms with Crippen LogP contribution in [0.25, 0.3) is 5.57 Å². The second kappa shape index (κ2) is 8.12. The Kier molecular flexibility index (Phi) is 5.66. The van der Waals surface area contributed by atoms with Gasteiger partial charge in [-0.05, 0) is 48.8 Å². The Balaban J connectivity index is 2.00. The summed E-state index contributed by atoms with van der Waals surface area (Å²) in [5.74, 6) is -0.734. The smallest absolute Gasteiger partial charge is 0.303 e. The number of para-hydroxylation sites is 1. The van der Waals surface area contributed by atoms with Gasteiger partial charge in [0.1, 0.15) is 5.04 Å². The van der Waals surface area contributed by atoms with E-state index in [2.05, 4.69) is 17.1 Å². The molecule has 1 aromatic carbocycles. The molecule has 0 radical (unpaired) electrons. The molecule has 0 atom stereocenters. The quantitative estimate of drug-likeness (QED) is 0.776. The lowest BCUT2D eigenvalue weighted by Gasteiger charge is -2.11. The number of thioether (sulfide) groups is 1. The van der Waals surface area contributed by atoms with E-state index < -0.39 is 5.97 Å². The van der Waals surface area contributed by atoms with Crippen molar-refractivity contribution in [3.8, 4) is 0 Å². The molecule has 128 valence electrons. The first kappa shape index (κ1) is 17.4. The predicted octanol–water partition coefficient (Wildman–Crippen LogP) is 4.91. The zero-order valence-electron chi connectivity index (χ0n) is 14.1. The van der Waals surface area contributed by atoms with Crippen LogP contribution >= 0.6 is 11.8 Å². The highest BCUT2D eigenvalue weighted by Gasteiger charge is 2.20. The van der Waals surface area contributed by atoms with E-state index in [1.807, 2.05) is 42.9 Å². The molecule has 0 bridgehead atoms. The lowest BCUT2D eigenvalue weighted by atomic mass is 9.94. The molecule has 5 heteroatoms. The summed E-state index contributed by atoms with van der Waals surface area (Å²) in [4.78, 5) is 19.8. The van der Waals surface area contributed by atoms with Crippen LogP contribution in [0.4, 0.5) is 5.69 Å². The summed E-state index contributed by atoms with van der Waals surface area (Å²) in [5.41, 5.74) is 5.39. The van der Waals surface area contributed by atoms with E-state index in [0.29, 0.717) is 6.42 Å². The van der Waals surface area contributed by atoms with Gasteiger partial charge in [0.15, 0.2) is 0 Å². The van der Waals surface area contributed by atoms with E-state index in [0.717, 1.165) is 45.8 Å². The minimum atomic E-state index is -0.734. The summed E-state index contributed by atoms with van der Waals surface area (Å²) in [6, 6.07) is 10.2. The van der Waals surface area contributed by atoms with Crippen LogP contribution in [-0.2, 0) is 4.79 Å². The van der Waals surface area contributed by atoms with Crippen LogP contribution in [0.15, 0.2) is 53.8 Å². The van der Waals surface area contributed by atoms with Crippen molar-refractivity contribution in [3.63, 3.8) is 0 Å². The van der Waals surface area contributed by atoms with Gasteiger partial charge in [0.2, 0.25) is 0 Å². The zero-order valence-corrected chi connectivity index (χ0v) is 14.9. The number of allylic oxidation sites excluding steroid dienone is 1. The highest BCUT2D eigenvalue weighted by atomic mass is 32.2. The van der Waals surface area contributed by atoms with Crippen molar-refractivity contribution in [2.45, 2.75) is 25.7 Å². The van der Waals surface area contributed by atoms with Crippen LogP contribution in [-0.4, -0.2) is 27.4 Å². The first-order valence-corrected chi connectivity index (χ1v) is 9.52. The van der Waals surface area contributed by atoms with Crippen LogP contribution in [0.3, 0.4) is 0 Å². The standard InChI is InChI=1S/C20H20N2O2S/c1-25-20-17-13-21-12-11-15(17)14(7-3-2-4-10-19(23)24)16-8-5-6-9-18(16)22-20/h5-9,11-13H,2-4,10H2,1H3,(H,23,24)/b14-7-. The normalized spacial score (nSPS) is 14.4. The zero-order chi connectivity index (χ0) is 17.6. The van der Waals surface area contributed by atoms with Gasteiger partial charge in [-0.3, -0.25) is 9.78 Å². The number of aromatic nitrogens is 1. The van der Waals surface area contributed by atoms with Crippen molar-refractivity contribution in [2.75, 3.05) is 6.26 Å². The number of hydrogen-bond acceptors (Lipinski definition) is 4. The topological polar surface area (TPSA) is 62.5 Å². The Morgan fingerprint density at radius 2 is 2.00 bits per heavy atom. The predicted molar refractivity (Wildman–Crippen MR) is 104 cm³/mol. The fourth-order valence-corrected chi connectivity index (χ4v) is 3.53. The molecule has 1 aliphatic heterocycles. The molecule has 0 amide bonds. The second-order valence-electron chi connectivity index (χ2n) is 5.82. The first-order valence-electron chi connectivity index (χ1n) is 8.29. The minimum Gasteiger partial charge on any atom is -0.481 e. The molecule has 0 saturated carbocycles. The SMILES string of the molecule is CSC1=Nc2ccccc2/C(=C\CCCCC(=O)O)c2ccncc21. The molecule has 4 nitrogen and oxygen atoms in total. The highest BCUT2D eigenvalue weighted by Crippen LogP contribution is 2.38. The third kappa shape index (κ3) is 3.99. The number of aliphatic imine (C=N–C) groups is 1. The van der Waals surface area contributed by atoms with Gasteiger partial charge in [-0.1, -0.05) is 24.3 Å². The Hall–Kier alpha value is -2.40. The van der Waals surface area contributed by atoms with Gasteiger partial charge in [-0.2, -0.15) is 0 Å². The number of carboxylic acids is 1. The van der Waals surface area contributed by atoms with Gasteiger partial charge in [-0.15, -0.1) is 11.8 Å². The maximum Gasteiger partial charge on any atom is 0.303 e. The number of carbonyl (C=O) groups is 1. The average molecular weight is 352 g/mol. The van der Waals surface area contributed by atoms with Crippen LogP contribution in [0, 0.1) is 0 Å². The van der Waals surface area contributed by atoms with Gasteiger partial charge < -0.3 is 5.11 Å². The van der Waals surface area contributed by atoms with Crippen LogP contribution in [0.2, 0.25) is 0 Å². The van der Waals surface area contributed by atoms with Gasteiger partial charge in [0.05, 0.1) is 5.69 Å². The summed E-state index contributed by atoms with van der Waals surface area (Å²) < 4.78 is 0. The third-order valence-electron chi connectivity index (χ3n) is 4.14. The molecule has 1 aromatic heterocycles. The molecule has 1 aliphatic rings. The lowest BCUT2D eigenvalue weighted by molar-refractivity contribution is -0.137. The maximum absolute atomic E-state index is 10.7. The van der Waals surface area contributed by atoms with Gasteiger partial charge in [-0.25, -0.2) is 4.99 Å². The van der Waals surface area contributed by atoms with E-state index in [-0.39, 0.29) is 6.42 Å². The summed E-state index contributed by atoms with van der Waals surface area (Å²) >= 11 is 1.62. The summed E-state index contributed by atoms with van der Waals surface area (Å²) in [5, 5.41) is 9.74. The molecule has 3 rings (SSSR count). The van der Waals surface area contributed by atoms with Crippen molar-refractivity contribution < 1.29 is 9.90 Å². The number of hydrogen-bond donors (Lipinski definition) is 1. The largest absolute Gasteiger partial charge is 0.481 e. The van der Waals surface area contributed by atoms with Gasteiger partial charge >= 0.3 is 5.97 Å². The summed E-state index contributed by atoms with van der Waals surface area (Å²) in [7, 11) is 0. The Bertz CT molecular complexity index is 843. The molecule has 0 unspecified atom stereocenters. The van der Waals surface area contributed by atoms with Crippen molar-refractivity contribution in [2.24, 2.45) is 4.99 Å². The monoisotopic (exact) mass is 352 g/mol. The van der Waals surface area contributed by atoms with Crippen molar-refractivity contribution in [1.82, 2.24) is 4.98 Å². The molecule has 25 heavy (non-hydrogen) atoms. The first-order chi connectivity index (χ1) is 12.2. The Morgan fingerprint density at radius 3 is 2.80 bits per heavy atom. The Morgan fingerprint density at radius 1 is 1.16 bits per heavy atom. The van der Waals surface area contributed by atoms with Crippen LogP contribution < -0.4 is 0 Å². The maximum atomic E-state index is 10.7. The fourth-order valence-electron chi connectivity index (χ4n) is 2.96. The van der Waals surface area contributed by atoms with E-state index in [1.165, 1.54) is 0 Å². The summed E-state index contributed by atoms with van der Waals surface area (Å²) in [6.45, 7) is 0. The van der Waals surface area contributed by atoms with Gasteiger partial charge in [0, 0.05) is 29.9 Å². The number of pyridine rings is 1. The molecule has 1 N–H and O–H groups in total. The average Bonchev–Trinajstić information content (AvgIpc) is 2.76. The third-order valence-corrected chi connectivity index (χ3v) is 4.84. The number of aliphatic carboxylic acids is 1. The molecule has 0 aliphatic carbocycles. The number of benzene rings is 1. The van der Waals surface area contributed by atoms with Crippen molar-refractivity contribution >= 4 is 34.0 Å². The highest BCUT2D eigenvalue weighted by molar-refractivity contribution is 8.13. The molecule has 0 fully saturated rings. The number of fused-ring (bicyclic) bond motifs is 2. The second-order valence-corrected chi connectivity index (χ2v) is 6.61. The Labute approximate surface area is 151 Å². The molecule has 0 saturated heterocycles. The van der Waals surface area contributed by atoms with Crippen molar-refractivity contribution in [3.05, 3.63) is 65.5 Å². The number of nitrogens with zero attached hydrogens (tertiary/aromatic N) is 2. The van der Waals surface area contributed by atoms with E-state index in [9.17, 15) is 4.79 Å². The van der Waals surface area contributed by atoms with E-state index in [1.54, 1.807) is 11.8 Å². The van der Waals surface area contributed by atoms with Crippen LogP contribution in [0.1, 0.15) is 42.4 Å². The number of rotatable bonds is 5. The van der Waals surface area contributed by atoms with E-state index >= 15 is 0 Å². The molecular weight excluding hydrogens is 332 g/mol. The number of carboxylic acid groups (broad SMARTS) is 1. The molecule has 0 spiro atoms. The molecular formula is C20H20N2O2S. The van der Waals surface area contributed by atoms with Gasteiger partial charge in [0.25, 0.3) is 0 Å². The summed E-state index contributed by atoms with van der Waals surface area (Å²) in [6.07, 6.45) is 10.5. The molecule has 2 aromatic rings. The van der Waals surface area contributed by atoms with Crippen LogP contribution in [0.5, 0.6) is 0 Å². The molecule has 2 heterocycles. The van der Waals surface area contributed by atoms with Crippen molar-refractivity contribution in [1.29, 1.82) is 0 Å². The minimum absolute atomic E-state index is 0.222.